The van der Waals surface area contributed by atoms with Gasteiger partial charge >= 0.3 is 324 Å². The molecule has 5 rings (SSSR count). The Bertz CT molecular complexity index is 2100. The first-order chi connectivity index (χ1) is 30.9. The molecule has 4 aromatic carbocycles. The Hall–Kier alpha value is -3.57. The van der Waals surface area contributed by atoms with Crippen molar-refractivity contribution in [2.24, 2.45) is 0 Å². The molecule has 350 valence electrons. The molecule has 0 spiro atoms. The van der Waals surface area contributed by atoms with Crippen molar-refractivity contribution in [1.29, 1.82) is 0 Å². The second-order valence-corrected chi connectivity index (χ2v) is 32.2. The first kappa shape index (κ1) is 52.4. The van der Waals surface area contributed by atoms with E-state index in [-0.39, 0.29) is 43.3 Å². The van der Waals surface area contributed by atoms with Gasteiger partial charge in [-0.2, -0.15) is 0 Å². The molecule has 0 amide bonds. The van der Waals surface area contributed by atoms with Crippen LogP contribution in [0.4, 0.5) is 0 Å². The molecule has 0 saturated carbocycles. The molecule has 4 aromatic rings. The topological polar surface area (TPSA) is 46.2 Å². The first-order valence-electron chi connectivity index (χ1n) is 23.6. The molecule has 0 N–H and O–H groups in total. The molecule has 5 nitrogen and oxygen atoms in total. The standard InChI is InChI=1S/C57H78O5SeSi2/c1-44(35-36-60-65(57(7,8)9,54-27-18-14-19-28-54)55-29-20-15-21-30-55)23-22-26-53(63-52-24-16-13-17-25-52)41-50-39-45(2)37-49(61-50)38-46(3)40-51(62-64(11,12)56(4,5)6)43-59-42-47-31-33-48(58-10)34-32-47/h13-22,24-35,38,49-51,53H,2,23,36-37,39-43H2,1,3-12H3/b26-22+,44-35-,46-38+/t49-,50+,51-,53-/m1/s1. The van der Waals surface area contributed by atoms with Crippen molar-refractivity contribution < 1.29 is 23.1 Å². The van der Waals surface area contributed by atoms with Crippen LogP contribution in [0.3, 0.4) is 0 Å². The Labute approximate surface area is 402 Å². The van der Waals surface area contributed by atoms with Crippen LogP contribution in [0.15, 0.2) is 163 Å². The van der Waals surface area contributed by atoms with Crippen molar-refractivity contribution in [1.82, 2.24) is 0 Å². The second kappa shape index (κ2) is 24.5. The molecular formula is C57H78O5SeSi2. The Morgan fingerprint density at radius 3 is 1.97 bits per heavy atom. The zero-order valence-electron chi connectivity index (χ0n) is 41.4. The van der Waals surface area contributed by atoms with Gasteiger partial charge in [-0.3, -0.25) is 0 Å². The first-order valence-corrected chi connectivity index (χ1v) is 30.2. The van der Waals surface area contributed by atoms with Crippen LogP contribution < -0.4 is 19.6 Å². The monoisotopic (exact) mass is 978 g/mol. The summed E-state index contributed by atoms with van der Waals surface area (Å²) in [5, 5.41) is 2.65. The summed E-state index contributed by atoms with van der Waals surface area (Å²) in [5.41, 5.74) is 4.97. The molecule has 4 atom stereocenters. The molecule has 1 aliphatic rings. The Kier molecular flexibility index (Phi) is 19.7. The fourth-order valence-corrected chi connectivity index (χ4v) is 16.7. The summed E-state index contributed by atoms with van der Waals surface area (Å²) in [7, 11) is -2.96. The van der Waals surface area contributed by atoms with E-state index in [9.17, 15) is 0 Å². The number of hydrogen-bond acceptors (Lipinski definition) is 5. The van der Waals surface area contributed by atoms with Crippen LogP contribution in [0.5, 0.6) is 5.75 Å². The zero-order valence-corrected chi connectivity index (χ0v) is 45.1. The SMILES string of the molecule is C=C1C[C@@H](C[C@@H](/C=C/C/C(C)=C\CO[Si](c2ccccc2)(c2ccccc2)C(C)(C)C)[Se]c2ccccc2)O[C@@H](/C=C(\C)C[C@H](COCc2ccc(OC)cc2)O[Si](C)(C)C(C)(C)C)C1. The summed E-state index contributed by atoms with van der Waals surface area (Å²) in [4.78, 5) is 0.387. The summed E-state index contributed by atoms with van der Waals surface area (Å²) >= 11 is 0.255. The summed E-state index contributed by atoms with van der Waals surface area (Å²) in [5.74, 6) is 0.848. The molecule has 0 unspecified atom stereocenters. The summed E-state index contributed by atoms with van der Waals surface area (Å²) in [6.07, 6.45) is 13.9. The maximum absolute atomic E-state index is 7.18. The molecule has 0 aliphatic carbocycles. The van der Waals surface area contributed by atoms with Crippen LogP contribution in [-0.4, -0.2) is 70.2 Å². The second-order valence-electron chi connectivity index (χ2n) is 20.4. The predicted octanol–water partition coefficient (Wildman–Crippen LogP) is 12.7. The van der Waals surface area contributed by atoms with Crippen molar-refractivity contribution in [2.75, 3.05) is 20.3 Å². The molecule has 1 heterocycles. The third-order valence-corrected chi connectivity index (χ3v) is 24.9. The fourth-order valence-electron chi connectivity index (χ4n) is 8.43. The van der Waals surface area contributed by atoms with E-state index >= 15 is 0 Å². The Balaban J connectivity index is 1.25. The van der Waals surface area contributed by atoms with E-state index in [1.807, 2.05) is 12.1 Å². The third kappa shape index (κ3) is 15.8. The molecule has 0 aromatic heterocycles. The number of methoxy groups -OCH3 is 1. The minimum absolute atomic E-state index is 0.00967. The summed E-state index contributed by atoms with van der Waals surface area (Å²) in [6.45, 7) is 29.2. The summed E-state index contributed by atoms with van der Waals surface area (Å²) in [6, 6.07) is 40.9. The van der Waals surface area contributed by atoms with Crippen LogP contribution in [0.2, 0.25) is 28.0 Å². The van der Waals surface area contributed by atoms with Crippen molar-refractivity contribution in [3.05, 3.63) is 168 Å². The molecule has 1 saturated heterocycles. The van der Waals surface area contributed by atoms with Gasteiger partial charge in [0.15, 0.2) is 0 Å². The Morgan fingerprint density at radius 2 is 1.40 bits per heavy atom. The van der Waals surface area contributed by atoms with Crippen molar-refractivity contribution in [2.45, 2.75) is 140 Å². The van der Waals surface area contributed by atoms with Gasteiger partial charge in [-0.1, -0.05) is 45.0 Å². The van der Waals surface area contributed by atoms with Crippen LogP contribution >= 0.6 is 0 Å². The van der Waals surface area contributed by atoms with Crippen LogP contribution in [0.25, 0.3) is 0 Å². The fraction of sp³-hybridized carbons (Fsp3) is 0.439. The van der Waals surface area contributed by atoms with Gasteiger partial charge in [0.2, 0.25) is 0 Å². The number of benzene rings is 4. The number of rotatable bonds is 22. The number of allylic oxidation sites excluding steroid dienone is 3. The van der Waals surface area contributed by atoms with Crippen molar-refractivity contribution in [3.63, 3.8) is 0 Å². The van der Waals surface area contributed by atoms with E-state index < -0.39 is 16.6 Å². The quantitative estimate of drug-likeness (QED) is 0.0580. The molecular weight excluding hydrogens is 900 g/mol. The molecule has 0 radical (unpaired) electrons. The van der Waals surface area contributed by atoms with Crippen LogP contribution in [0, 0.1) is 0 Å². The predicted molar refractivity (Wildman–Crippen MR) is 281 cm³/mol. The average molecular weight is 978 g/mol. The van der Waals surface area contributed by atoms with E-state index in [0.717, 1.165) is 43.4 Å². The maximum atomic E-state index is 7.18. The van der Waals surface area contributed by atoms with Gasteiger partial charge in [-0.05, 0) is 17.7 Å². The van der Waals surface area contributed by atoms with Crippen molar-refractivity contribution in [3.8, 4) is 5.75 Å². The summed E-state index contributed by atoms with van der Waals surface area (Å²) < 4.78 is 34.2. The third-order valence-electron chi connectivity index (χ3n) is 12.9. The number of ether oxygens (including phenoxy) is 3. The van der Waals surface area contributed by atoms with Crippen LogP contribution in [-0.2, 0) is 24.9 Å². The van der Waals surface area contributed by atoms with Gasteiger partial charge in [0.1, 0.15) is 5.75 Å². The van der Waals surface area contributed by atoms with E-state index in [1.165, 1.54) is 31.6 Å². The van der Waals surface area contributed by atoms with E-state index in [0.29, 0.717) is 24.6 Å². The van der Waals surface area contributed by atoms with Gasteiger partial charge in [-0.15, -0.1) is 0 Å². The van der Waals surface area contributed by atoms with Crippen molar-refractivity contribution >= 4 is 46.4 Å². The number of hydrogen-bond donors (Lipinski definition) is 0. The molecule has 1 fully saturated rings. The molecule has 0 bridgehead atoms. The Morgan fingerprint density at radius 1 is 0.800 bits per heavy atom. The molecule has 65 heavy (non-hydrogen) atoms. The van der Waals surface area contributed by atoms with E-state index in [2.05, 4.69) is 202 Å². The van der Waals surface area contributed by atoms with Gasteiger partial charge in [0.05, 0.1) is 7.11 Å². The van der Waals surface area contributed by atoms with Gasteiger partial charge < -0.3 is 4.74 Å². The average Bonchev–Trinajstić information content (AvgIpc) is 3.25. The van der Waals surface area contributed by atoms with Crippen LogP contribution in [0.1, 0.15) is 93.1 Å². The van der Waals surface area contributed by atoms with Gasteiger partial charge in [0, 0.05) is 0 Å². The minimum atomic E-state index is -2.60. The van der Waals surface area contributed by atoms with Gasteiger partial charge in [0.25, 0.3) is 0 Å². The normalized spacial score (nSPS) is 17.9. The van der Waals surface area contributed by atoms with Gasteiger partial charge in [-0.25, -0.2) is 0 Å². The van der Waals surface area contributed by atoms with E-state index in [4.69, 9.17) is 23.1 Å². The van der Waals surface area contributed by atoms with E-state index in [1.54, 1.807) is 7.11 Å². The zero-order chi connectivity index (χ0) is 47.1. The molecule has 8 heteroatoms. The molecule has 1 aliphatic heterocycles.